The van der Waals surface area contributed by atoms with E-state index in [-0.39, 0.29) is 5.97 Å². The normalized spacial score (nSPS) is 16.9. The minimum atomic E-state index is -0.0646. The van der Waals surface area contributed by atoms with E-state index >= 15 is 0 Å². The molecule has 0 heterocycles. The molecule has 0 spiro atoms. The zero-order chi connectivity index (χ0) is 14.2. The molecule has 0 saturated heterocycles. The van der Waals surface area contributed by atoms with Crippen molar-refractivity contribution >= 4 is 5.97 Å². The third-order valence-corrected chi connectivity index (χ3v) is 3.89. The smallest absolute Gasteiger partial charge is 0.305 e. The number of rotatable bonds is 8. The van der Waals surface area contributed by atoms with Gasteiger partial charge in [0, 0.05) is 12.5 Å². The lowest BCUT2D eigenvalue weighted by Crippen LogP contribution is -2.20. The highest BCUT2D eigenvalue weighted by atomic mass is 16.5. The molecule has 0 bridgehead atoms. The van der Waals surface area contributed by atoms with Gasteiger partial charge in [-0.1, -0.05) is 30.7 Å². The first-order valence-corrected chi connectivity index (χ1v) is 7.78. The van der Waals surface area contributed by atoms with Crippen LogP contribution in [0.1, 0.15) is 56.2 Å². The van der Waals surface area contributed by atoms with Crippen molar-refractivity contribution in [2.45, 2.75) is 51.5 Å². The molecule has 0 aliphatic heterocycles. The average Bonchev–Trinajstić information content (AvgIpc) is 2.86. The van der Waals surface area contributed by atoms with Gasteiger partial charge in [0.15, 0.2) is 0 Å². The quantitative estimate of drug-likeness (QED) is 0.584. The molecule has 0 aromatic heterocycles. The van der Waals surface area contributed by atoms with Gasteiger partial charge in [0.25, 0.3) is 0 Å². The lowest BCUT2D eigenvalue weighted by atomic mass is 10.1. The van der Waals surface area contributed by atoms with Crippen LogP contribution in [0.15, 0.2) is 24.3 Å². The van der Waals surface area contributed by atoms with Crippen molar-refractivity contribution < 1.29 is 9.53 Å². The third kappa shape index (κ3) is 4.34. The highest BCUT2D eigenvalue weighted by Gasteiger charge is 2.20. The molecule has 1 atom stereocenters. The van der Waals surface area contributed by atoms with Crippen LogP contribution in [0, 0.1) is 0 Å². The lowest BCUT2D eigenvalue weighted by molar-refractivity contribution is -0.143. The van der Waals surface area contributed by atoms with Crippen LogP contribution in [0.5, 0.6) is 0 Å². The molecule has 1 aromatic rings. The Morgan fingerprint density at radius 2 is 2.15 bits per heavy atom. The van der Waals surface area contributed by atoms with E-state index in [0.717, 1.165) is 25.8 Å². The topological polar surface area (TPSA) is 38.3 Å². The first-order valence-electron chi connectivity index (χ1n) is 7.78. The molecular formula is C17H25NO2. The highest BCUT2D eigenvalue weighted by Crippen LogP contribution is 2.30. The van der Waals surface area contributed by atoms with Crippen LogP contribution in [-0.4, -0.2) is 19.1 Å². The summed E-state index contributed by atoms with van der Waals surface area (Å²) < 4.78 is 4.91. The van der Waals surface area contributed by atoms with E-state index in [1.54, 1.807) is 0 Å². The van der Waals surface area contributed by atoms with Crippen molar-refractivity contribution in [2.24, 2.45) is 0 Å². The summed E-state index contributed by atoms with van der Waals surface area (Å²) in [6.45, 7) is 3.37. The maximum atomic E-state index is 11.2. The largest absolute Gasteiger partial charge is 0.466 e. The van der Waals surface area contributed by atoms with E-state index in [9.17, 15) is 4.79 Å². The van der Waals surface area contributed by atoms with Crippen molar-refractivity contribution in [2.75, 3.05) is 13.2 Å². The highest BCUT2D eigenvalue weighted by molar-refractivity contribution is 5.69. The van der Waals surface area contributed by atoms with E-state index in [0.29, 0.717) is 19.1 Å². The fourth-order valence-corrected chi connectivity index (χ4v) is 2.85. The molecule has 1 N–H and O–H groups in total. The second kappa shape index (κ2) is 8.05. The van der Waals surface area contributed by atoms with E-state index in [1.165, 1.54) is 24.0 Å². The Hall–Kier alpha value is -1.35. The molecule has 1 unspecified atom stereocenters. The molecule has 3 nitrogen and oxygen atoms in total. The molecule has 1 aromatic carbocycles. The number of esters is 1. The Bertz CT molecular complexity index is 431. The van der Waals surface area contributed by atoms with Gasteiger partial charge in [-0.05, 0) is 50.3 Å². The van der Waals surface area contributed by atoms with Gasteiger partial charge in [0.1, 0.15) is 0 Å². The van der Waals surface area contributed by atoms with Crippen LogP contribution in [-0.2, 0) is 16.0 Å². The second-order valence-corrected chi connectivity index (χ2v) is 5.36. The van der Waals surface area contributed by atoms with Gasteiger partial charge in [-0.3, -0.25) is 4.79 Å². The maximum Gasteiger partial charge on any atom is 0.305 e. The number of carbonyl (C=O) groups excluding carboxylic acids is 1. The van der Waals surface area contributed by atoms with Crippen LogP contribution in [0.2, 0.25) is 0 Å². The van der Waals surface area contributed by atoms with Crippen molar-refractivity contribution in [3.63, 3.8) is 0 Å². The zero-order valence-corrected chi connectivity index (χ0v) is 12.4. The average molecular weight is 275 g/mol. The summed E-state index contributed by atoms with van der Waals surface area (Å²) in [6.07, 6.45) is 6.10. The van der Waals surface area contributed by atoms with Gasteiger partial charge in [-0.2, -0.15) is 0 Å². The minimum absolute atomic E-state index is 0.0646. The van der Waals surface area contributed by atoms with Crippen molar-refractivity contribution in [1.29, 1.82) is 0 Å². The molecule has 1 aliphatic rings. The molecule has 0 amide bonds. The molecule has 2 rings (SSSR count). The molecular weight excluding hydrogens is 250 g/mol. The summed E-state index contributed by atoms with van der Waals surface area (Å²) in [5.41, 5.74) is 2.96. The molecule has 1 aliphatic carbocycles. The van der Waals surface area contributed by atoms with Gasteiger partial charge in [0.2, 0.25) is 0 Å². The molecule has 0 radical (unpaired) electrons. The van der Waals surface area contributed by atoms with Crippen LogP contribution in [0.3, 0.4) is 0 Å². The Morgan fingerprint density at radius 1 is 1.30 bits per heavy atom. The number of benzene rings is 1. The molecule has 20 heavy (non-hydrogen) atoms. The van der Waals surface area contributed by atoms with Crippen molar-refractivity contribution in [3.05, 3.63) is 35.4 Å². The monoisotopic (exact) mass is 275 g/mol. The molecule has 0 saturated carbocycles. The summed E-state index contributed by atoms with van der Waals surface area (Å²) in [7, 11) is 0. The van der Waals surface area contributed by atoms with E-state index < -0.39 is 0 Å². The minimum Gasteiger partial charge on any atom is -0.466 e. The standard InChI is InChI=1S/C17H25NO2/c1-2-20-17(19)10-4-3-7-13-18-16-12-11-14-8-5-6-9-15(14)16/h5-6,8-9,16,18H,2-4,7,10-13H2,1H3. The summed E-state index contributed by atoms with van der Waals surface area (Å²) >= 11 is 0. The number of fused-ring (bicyclic) bond motifs is 1. The van der Waals surface area contributed by atoms with Crippen LogP contribution >= 0.6 is 0 Å². The Labute approximate surface area is 121 Å². The third-order valence-electron chi connectivity index (χ3n) is 3.89. The first kappa shape index (κ1) is 15.0. The van der Waals surface area contributed by atoms with Crippen molar-refractivity contribution in [3.8, 4) is 0 Å². The predicted octanol–water partition coefficient (Wildman–Crippen LogP) is 3.39. The molecule has 110 valence electrons. The summed E-state index contributed by atoms with van der Waals surface area (Å²) in [4.78, 5) is 11.2. The predicted molar refractivity (Wildman–Crippen MR) is 80.6 cm³/mol. The lowest BCUT2D eigenvalue weighted by Gasteiger charge is -2.13. The second-order valence-electron chi connectivity index (χ2n) is 5.36. The Morgan fingerprint density at radius 3 is 3.00 bits per heavy atom. The fourth-order valence-electron chi connectivity index (χ4n) is 2.85. The van der Waals surface area contributed by atoms with E-state index in [2.05, 4.69) is 29.6 Å². The van der Waals surface area contributed by atoms with Crippen LogP contribution < -0.4 is 5.32 Å². The van der Waals surface area contributed by atoms with Gasteiger partial charge in [-0.15, -0.1) is 0 Å². The van der Waals surface area contributed by atoms with Crippen LogP contribution in [0.25, 0.3) is 0 Å². The summed E-state index contributed by atoms with van der Waals surface area (Å²) in [5.74, 6) is -0.0646. The molecule has 0 fully saturated rings. The number of hydrogen-bond donors (Lipinski definition) is 1. The maximum absolute atomic E-state index is 11.2. The van der Waals surface area contributed by atoms with Crippen LogP contribution in [0.4, 0.5) is 0 Å². The summed E-state index contributed by atoms with van der Waals surface area (Å²) in [5, 5.41) is 3.63. The SMILES string of the molecule is CCOC(=O)CCCCCNC1CCc2ccccc21. The zero-order valence-electron chi connectivity index (χ0n) is 12.4. The van der Waals surface area contributed by atoms with Gasteiger partial charge >= 0.3 is 5.97 Å². The first-order chi connectivity index (χ1) is 9.81. The van der Waals surface area contributed by atoms with E-state index in [1.807, 2.05) is 6.92 Å². The Balaban J connectivity index is 1.57. The number of carbonyl (C=O) groups is 1. The number of ether oxygens (including phenoxy) is 1. The van der Waals surface area contributed by atoms with Gasteiger partial charge < -0.3 is 10.1 Å². The number of unbranched alkanes of at least 4 members (excludes halogenated alkanes) is 2. The Kier molecular flexibility index (Phi) is 6.06. The van der Waals surface area contributed by atoms with Gasteiger partial charge in [-0.25, -0.2) is 0 Å². The fraction of sp³-hybridized carbons (Fsp3) is 0.588. The summed E-state index contributed by atoms with van der Waals surface area (Å²) in [6, 6.07) is 9.24. The molecule has 3 heteroatoms. The van der Waals surface area contributed by atoms with Gasteiger partial charge in [0.05, 0.1) is 6.61 Å². The number of hydrogen-bond acceptors (Lipinski definition) is 3. The van der Waals surface area contributed by atoms with Crippen molar-refractivity contribution in [1.82, 2.24) is 5.32 Å². The van der Waals surface area contributed by atoms with E-state index in [4.69, 9.17) is 4.74 Å². The number of aryl methyl sites for hydroxylation is 1. The number of nitrogens with one attached hydrogen (secondary N) is 1.